The van der Waals surface area contributed by atoms with Crippen LogP contribution in [0.5, 0.6) is 0 Å². The number of hydrogen-bond donors (Lipinski definition) is 3. The van der Waals surface area contributed by atoms with E-state index in [2.05, 4.69) is 78.7 Å². The molecule has 3 heteroatoms. The Morgan fingerprint density at radius 1 is 0.794 bits per heavy atom. The van der Waals surface area contributed by atoms with Crippen molar-refractivity contribution in [2.45, 2.75) is 71.1 Å². The average Bonchev–Trinajstić information content (AvgIpc) is 2.84. The van der Waals surface area contributed by atoms with Gasteiger partial charge in [-0.3, -0.25) is 0 Å². The van der Waals surface area contributed by atoms with Crippen molar-refractivity contribution >= 4 is 11.3 Å². The van der Waals surface area contributed by atoms with Gasteiger partial charge in [0.15, 0.2) is 0 Å². The van der Waals surface area contributed by atoms with Gasteiger partial charge in [-0.05, 0) is 93.6 Å². The standard InChI is InChI=1S/C31H45N3/c1-24(2)28-19-21-31(22-20-28)34-25(3)14-8-7-9-15-29-16-10-11-17-30(29)18-12-13-23-33-27(5)26(4)32-6/h16-17,19-22,32-34H,1,3-5,7-15,18,23H2,2,6H3. The summed E-state index contributed by atoms with van der Waals surface area (Å²) in [5.74, 6) is 0. The van der Waals surface area contributed by atoms with E-state index in [1.165, 1.54) is 56.9 Å². The number of rotatable bonds is 17. The molecule has 0 saturated carbocycles. The summed E-state index contributed by atoms with van der Waals surface area (Å²) in [5, 5.41) is 9.83. The van der Waals surface area contributed by atoms with Gasteiger partial charge in [-0.25, -0.2) is 0 Å². The Morgan fingerprint density at radius 2 is 1.41 bits per heavy atom. The lowest BCUT2D eigenvalue weighted by Gasteiger charge is -2.17. The molecule has 0 aromatic heterocycles. The van der Waals surface area contributed by atoms with Crippen LogP contribution < -0.4 is 16.0 Å². The number of nitrogens with one attached hydrogen (secondary N) is 3. The maximum Gasteiger partial charge on any atom is 0.0496 e. The molecule has 0 unspecified atom stereocenters. The smallest absolute Gasteiger partial charge is 0.0496 e. The maximum absolute atomic E-state index is 4.21. The third-order valence-electron chi connectivity index (χ3n) is 6.36. The molecule has 0 spiro atoms. The van der Waals surface area contributed by atoms with Crippen molar-refractivity contribution in [2.24, 2.45) is 0 Å². The first-order valence-electron chi connectivity index (χ1n) is 12.8. The molecule has 0 amide bonds. The van der Waals surface area contributed by atoms with Crippen molar-refractivity contribution in [1.82, 2.24) is 10.6 Å². The van der Waals surface area contributed by atoms with Crippen LogP contribution in [0.3, 0.4) is 0 Å². The molecule has 184 valence electrons. The SMILES string of the molecule is C=C(CCCCCC1=CCCC=C1CCCCNC(=C)C(=C)NC)Nc1ccc(C(=C)C)cc1. The number of likely N-dealkylation sites (N-methyl/N-ethyl adjacent to an activating group) is 1. The van der Waals surface area contributed by atoms with Crippen LogP contribution in [0.1, 0.15) is 76.7 Å². The summed E-state index contributed by atoms with van der Waals surface area (Å²) in [6.45, 7) is 19.1. The van der Waals surface area contributed by atoms with Gasteiger partial charge in [0, 0.05) is 36.4 Å². The molecule has 0 saturated heterocycles. The summed E-state index contributed by atoms with van der Waals surface area (Å²) < 4.78 is 0. The fourth-order valence-corrected chi connectivity index (χ4v) is 4.18. The first kappa shape index (κ1) is 27.3. The van der Waals surface area contributed by atoms with E-state index in [1.807, 2.05) is 14.0 Å². The molecular weight excluding hydrogens is 414 g/mol. The molecule has 1 aromatic carbocycles. The molecule has 34 heavy (non-hydrogen) atoms. The van der Waals surface area contributed by atoms with Crippen molar-refractivity contribution in [3.63, 3.8) is 0 Å². The lowest BCUT2D eigenvalue weighted by Crippen LogP contribution is -2.20. The molecule has 2 rings (SSSR count). The third-order valence-corrected chi connectivity index (χ3v) is 6.36. The number of benzene rings is 1. The second kappa shape index (κ2) is 15.1. The van der Waals surface area contributed by atoms with Gasteiger partial charge in [-0.1, -0.05) is 62.6 Å². The van der Waals surface area contributed by atoms with Gasteiger partial charge in [-0.2, -0.15) is 0 Å². The second-order valence-corrected chi connectivity index (χ2v) is 9.27. The zero-order valence-corrected chi connectivity index (χ0v) is 21.6. The van der Waals surface area contributed by atoms with Gasteiger partial charge in [-0.15, -0.1) is 0 Å². The van der Waals surface area contributed by atoms with Crippen molar-refractivity contribution in [2.75, 3.05) is 18.9 Å². The predicted octanol–water partition coefficient (Wildman–Crippen LogP) is 8.25. The van der Waals surface area contributed by atoms with Gasteiger partial charge >= 0.3 is 0 Å². The van der Waals surface area contributed by atoms with E-state index >= 15 is 0 Å². The molecule has 3 N–H and O–H groups in total. The Morgan fingerprint density at radius 3 is 2.00 bits per heavy atom. The molecule has 0 heterocycles. The fraction of sp³-hybridized carbons (Fsp3) is 0.419. The number of hydrogen-bond acceptors (Lipinski definition) is 3. The van der Waals surface area contributed by atoms with Crippen LogP contribution in [0.25, 0.3) is 5.57 Å². The highest BCUT2D eigenvalue weighted by Crippen LogP contribution is 2.28. The highest BCUT2D eigenvalue weighted by molar-refractivity contribution is 5.64. The Kier molecular flexibility index (Phi) is 12.1. The Balaban J connectivity index is 1.60. The maximum atomic E-state index is 4.21. The number of allylic oxidation sites excluding steroid dienone is 6. The van der Waals surface area contributed by atoms with Gasteiger partial charge < -0.3 is 16.0 Å². The zero-order chi connectivity index (χ0) is 24.8. The summed E-state index contributed by atoms with van der Waals surface area (Å²) in [4.78, 5) is 0. The number of anilines is 1. The van der Waals surface area contributed by atoms with E-state index in [1.54, 1.807) is 11.1 Å². The summed E-state index contributed by atoms with van der Waals surface area (Å²) in [6.07, 6.45) is 16.7. The van der Waals surface area contributed by atoms with Crippen LogP contribution in [0.2, 0.25) is 0 Å². The van der Waals surface area contributed by atoms with E-state index < -0.39 is 0 Å². The zero-order valence-electron chi connectivity index (χ0n) is 21.6. The largest absolute Gasteiger partial charge is 0.387 e. The van der Waals surface area contributed by atoms with Crippen LogP contribution >= 0.6 is 0 Å². The molecule has 1 aliphatic carbocycles. The van der Waals surface area contributed by atoms with Crippen molar-refractivity contribution in [3.8, 4) is 0 Å². The molecule has 3 nitrogen and oxygen atoms in total. The van der Waals surface area contributed by atoms with Gasteiger partial charge in [0.2, 0.25) is 0 Å². The third kappa shape index (κ3) is 9.91. The summed E-state index contributed by atoms with van der Waals surface area (Å²) >= 11 is 0. The van der Waals surface area contributed by atoms with Crippen LogP contribution in [0.4, 0.5) is 5.69 Å². The minimum Gasteiger partial charge on any atom is -0.387 e. The minimum atomic E-state index is 0.858. The summed E-state index contributed by atoms with van der Waals surface area (Å²) in [7, 11) is 1.87. The molecular formula is C31H45N3. The normalized spacial score (nSPS) is 12.9. The molecule has 0 fully saturated rings. The van der Waals surface area contributed by atoms with Crippen LogP contribution in [-0.2, 0) is 0 Å². The highest BCUT2D eigenvalue weighted by atomic mass is 14.9. The monoisotopic (exact) mass is 459 g/mol. The highest BCUT2D eigenvalue weighted by Gasteiger charge is 2.09. The van der Waals surface area contributed by atoms with Gasteiger partial charge in [0.05, 0.1) is 0 Å². The van der Waals surface area contributed by atoms with Gasteiger partial charge in [0.25, 0.3) is 0 Å². The molecule has 0 atom stereocenters. The van der Waals surface area contributed by atoms with Gasteiger partial charge in [0.1, 0.15) is 0 Å². The van der Waals surface area contributed by atoms with E-state index in [9.17, 15) is 0 Å². The van der Waals surface area contributed by atoms with Crippen molar-refractivity contribution < 1.29 is 0 Å². The summed E-state index contributed by atoms with van der Waals surface area (Å²) in [6, 6.07) is 8.42. The molecule has 0 aliphatic heterocycles. The molecule has 1 aliphatic rings. The lowest BCUT2D eigenvalue weighted by molar-refractivity contribution is 0.653. The summed E-state index contributed by atoms with van der Waals surface area (Å²) in [5.41, 5.74) is 9.37. The van der Waals surface area contributed by atoms with E-state index in [0.29, 0.717) is 0 Å². The Bertz CT molecular complexity index is 899. The predicted molar refractivity (Wildman–Crippen MR) is 152 cm³/mol. The van der Waals surface area contributed by atoms with Crippen molar-refractivity contribution in [3.05, 3.63) is 96.5 Å². The fourth-order valence-electron chi connectivity index (χ4n) is 4.18. The minimum absolute atomic E-state index is 0.858. The first-order valence-corrected chi connectivity index (χ1v) is 12.8. The lowest BCUT2D eigenvalue weighted by atomic mass is 9.90. The second-order valence-electron chi connectivity index (χ2n) is 9.27. The molecule has 0 radical (unpaired) electrons. The average molecular weight is 460 g/mol. The van der Waals surface area contributed by atoms with E-state index in [0.717, 1.165) is 47.7 Å². The topological polar surface area (TPSA) is 36.1 Å². The van der Waals surface area contributed by atoms with E-state index in [4.69, 9.17) is 0 Å². The van der Waals surface area contributed by atoms with Crippen LogP contribution in [0, 0.1) is 0 Å². The quantitative estimate of drug-likeness (QED) is 0.162. The van der Waals surface area contributed by atoms with E-state index in [-0.39, 0.29) is 0 Å². The van der Waals surface area contributed by atoms with Crippen LogP contribution in [0.15, 0.2) is 91.0 Å². The van der Waals surface area contributed by atoms with Crippen molar-refractivity contribution in [1.29, 1.82) is 0 Å². The number of unbranched alkanes of at least 4 members (excludes halogenated alkanes) is 3. The first-order chi connectivity index (χ1) is 16.4. The Labute approximate surface area is 208 Å². The Hall–Kier alpha value is -2.94. The van der Waals surface area contributed by atoms with Crippen LogP contribution in [-0.4, -0.2) is 13.6 Å². The molecule has 0 bridgehead atoms. The molecule has 1 aromatic rings.